The van der Waals surface area contributed by atoms with Crippen LogP contribution in [0.3, 0.4) is 0 Å². The van der Waals surface area contributed by atoms with E-state index in [1.165, 1.54) is 11.1 Å². The van der Waals surface area contributed by atoms with Crippen LogP contribution >= 0.6 is 0 Å². The van der Waals surface area contributed by atoms with Gasteiger partial charge >= 0.3 is 0 Å². The SMILES string of the molecule is Cc1ccc(C2CC(C)N(C(=O)c3cn(C(C)C)cn3)C2)cc1. The number of aryl methyl sites for hydroxylation is 1. The van der Waals surface area contributed by atoms with Crippen LogP contribution in [0.2, 0.25) is 0 Å². The molecule has 3 rings (SSSR count). The first-order chi connectivity index (χ1) is 11.0. The average molecular weight is 311 g/mol. The summed E-state index contributed by atoms with van der Waals surface area (Å²) in [5, 5.41) is 0. The molecule has 2 heterocycles. The van der Waals surface area contributed by atoms with Gasteiger partial charge in [0.1, 0.15) is 5.69 Å². The van der Waals surface area contributed by atoms with Gasteiger partial charge in [-0.05, 0) is 39.7 Å². The molecule has 2 unspecified atom stereocenters. The van der Waals surface area contributed by atoms with Crippen LogP contribution in [0.1, 0.15) is 60.8 Å². The molecule has 1 fully saturated rings. The Kier molecular flexibility index (Phi) is 4.24. The van der Waals surface area contributed by atoms with E-state index >= 15 is 0 Å². The fraction of sp³-hybridized carbons (Fsp3) is 0.474. The Hall–Kier alpha value is -2.10. The number of hydrogen-bond acceptors (Lipinski definition) is 2. The third-order valence-corrected chi connectivity index (χ3v) is 4.80. The molecule has 23 heavy (non-hydrogen) atoms. The minimum absolute atomic E-state index is 0.0477. The first-order valence-electron chi connectivity index (χ1n) is 8.36. The second-order valence-corrected chi connectivity index (χ2v) is 6.95. The van der Waals surface area contributed by atoms with Crippen molar-refractivity contribution in [3.05, 3.63) is 53.6 Å². The number of amides is 1. The molecule has 1 amide bonds. The van der Waals surface area contributed by atoms with Crippen molar-refractivity contribution < 1.29 is 4.79 Å². The van der Waals surface area contributed by atoms with Crippen LogP contribution in [0, 0.1) is 6.92 Å². The van der Waals surface area contributed by atoms with Crippen LogP contribution < -0.4 is 0 Å². The zero-order valence-electron chi connectivity index (χ0n) is 14.4. The van der Waals surface area contributed by atoms with E-state index in [0.29, 0.717) is 17.7 Å². The van der Waals surface area contributed by atoms with Gasteiger partial charge in [0.2, 0.25) is 0 Å². The average Bonchev–Trinajstić information content (AvgIpc) is 3.14. The number of rotatable bonds is 3. The van der Waals surface area contributed by atoms with E-state index in [9.17, 15) is 4.79 Å². The highest BCUT2D eigenvalue weighted by molar-refractivity contribution is 5.92. The topological polar surface area (TPSA) is 38.1 Å². The van der Waals surface area contributed by atoms with Gasteiger partial charge in [0.25, 0.3) is 5.91 Å². The van der Waals surface area contributed by atoms with Gasteiger partial charge < -0.3 is 9.47 Å². The van der Waals surface area contributed by atoms with E-state index in [-0.39, 0.29) is 11.9 Å². The van der Waals surface area contributed by atoms with Crippen molar-refractivity contribution in [1.29, 1.82) is 0 Å². The molecule has 0 N–H and O–H groups in total. The molecule has 4 nitrogen and oxygen atoms in total. The highest BCUT2D eigenvalue weighted by Crippen LogP contribution is 2.32. The van der Waals surface area contributed by atoms with Crippen LogP contribution in [0.15, 0.2) is 36.8 Å². The third-order valence-electron chi connectivity index (χ3n) is 4.80. The van der Waals surface area contributed by atoms with Crippen molar-refractivity contribution in [2.75, 3.05) is 6.54 Å². The molecular formula is C19H25N3O. The maximum atomic E-state index is 12.8. The summed E-state index contributed by atoms with van der Waals surface area (Å²) < 4.78 is 1.98. The molecule has 0 spiro atoms. The summed E-state index contributed by atoms with van der Waals surface area (Å²) in [7, 11) is 0. The number of imidazole rings is 1. The van der Waals surface area contributed by atoms with E-state index in [2.05, 4.69) is 56.9 Å². The number of nitrogens with zero attached hydrogens (tertiary/aromatic N) is 3. The van der Waals surface area contributed by atoms with Gasteiger partial charge in [-0.1, -0.05) is 29.8 Å². The molecule has 2 atom stereocenters. The van der Waals surface area contributed by atoms with Crippen molar-refractivity contribution in [2.45, 2.75) is 52.1 Å². The molecule has 1 aromatic carbocycles. The number of likely N-dealkylation sites (tertiary alicyclic amines) is 1. The summed E-state index contributed by atoms with van der Waals surface area (Å²) in [5.41, 5.74) is 3.15. The number of hydrogen-bond donors (Lipinski definition) is 0. The molecule has 1 aliphatic heterocycles. The van der Waals surface area contributed by atoms with Crippen molar-refractivity contribution >= 4 is 5.91 Å². The van der Waals surface area contributed by atoms with Gasteiger partial charge in [-0.2, -0.15) is 0 Å². The van der Waals surface area contributed by atoms with E-state index in [1.807, 2.05) is 15.7 Å². The molecule has 0 aliphatic carbocycles. The van der Waals surface area contributed by atoms with Crippen LogP contribution in [0.5, 0.6) is 0 Å². The van der Waals surface area contributed by atoms with Gasteiger partial charge in [-0.25, -0.2) is 4.98 Å². The number of benzene rings is 1. The van der Waals surface area contributed by atoms with Crippen molar-refractivity contribution in [1.82, 2.24) is 14.5 Å². The fourth-order valence-electron chi connectivity index (χ4n) is 3.27. The Bertz CT molecular complexity index is 687. The lowest BCUT2D eigenvalue weighted by Gasteiger charge is -2.20. The summed E-state index contributed by atoms with van der Waals surface area (Å²) in [5.74, 6) is 0.466. The predicted molar refractivity (Wildman–Crippen MR) is 91.6 cm³/mol. The van der Waals surface area contributed by atoms with Crippen molar-refractivity contribution in [2.24, 2.45) is 0 Å². The maximum absolute atomic E-state index is 12.8. The van der Waals surface area contributed by atoms with Crippen LogP contribution in [-0.4, -0.2) is 32.9 Å². The van der Waals surface area contributed by atoms with E-state index < -0.39 is 0 Å². The van der Waals surface area contributed by atoms with Gasteiger partial charge in [0, 0.05) is 30.7 Å². The molecule has 0 bridgehead atoms. The van der Waals surface area contributed by atoms with Gasteiger partial charge in [-0.15, -0.1) is 0 Å². The lowest BCUT2D eigenvalue weighted by atomic mass is 9.96. The van der Waals surface area contributed by atoms with E-state index in [4.69, 9.17) is 0 Å². The minimum Gasteiger partial charge on any atom is -0.334 e. The third kappa shape index (κ3) is 3.16. The summed E-state index contributed by atoms with van der Waals surface area (Å²) in [6.45, 7) is 9.18. The van der Waals surface area contributed by atoms with Crippen molar-refractivity contribution in [3.63, 3.8) is 0 Å². The Labute approximate surface area is 138 Å². The van der Waals surface area contributed by atoms with Crippen LogP contribution in [0.4, 0.5) is 0 Å². The van der Waals surface area contributed by atoms with E-state index in [0.717, 1.165) is 13.0 Å². The summed E-state index contributed by atoms with van der Waals surface area (Å²) in [6.07, 6.45) is 4.62. The molecule has 1 aliphatic rings. The quantitative estimate of drug-likeness (QED) is 0.865. The molecular weight excluding hydrogens is 286 g/mol. The van der Waals surface area contributed by atoms with Gasteiger partial charge in [-0.3, -0.25) is 4.79 Å². The molecule has 0 radical (unpaired) electrons. The number of carbonyl (C=O) groups excluding carboxylic acids is 1. The summed E-state index contributed by atoms with van der Waals surface area (Å²) in [6, 6.07) is 9.24. The van der Waals surface area contributed by atoms with Crippen LogP contribution in [-0.2, 0) is 0 Å². The molecule has 2 aromatic rings. The second-order valence-electron chi connectivity index (χ2n) is 6.95. The molecule has 0 saturated carbocycles. The number of carbonyl (C=O) groups is 1. The minimum atomic E-state index is 0.0477. The maximum Gasteiger partial charge on any atom is 0.274 e. The first-order valence-corrected chi connectivity index (χ1v) is 8.36. The standard InChI is InChI=1S/C19H25N3O/c1-13(2)21-11-18(20-12-21)19(23)22-10-17(9-15(22)4)16-7-5-14(3)6-8-16/h5-8,11-13,15,17H,9-10H2,1-4H3. The largest absolute Gasteiger partial charge is 0.334 e. The Balaban J connectivity index is 1.75. The van der Waals surface area contributed by atoms with Gasteiger partial charge in [0.05, 0.1) is 6.33 Å². The predicted octanol–water partition coefficient (Wildman–Crippen LogP) is 3.79. The van der Waals surface area contributed by atoms with E-state index in [1.54, 1.807) is 6.33 Å². The monoisotopic (exact) mass is 311 g/mol. The van der Waals surface area contributed by atoms with Crippen LogP contribution in [0.25, 0.3) is 0 Å². The lowest BCUT2D eigenvalue weighted by Crippen LogP contribution is -2.34. The fourth-order valence-corrected chi connectivity index (χ4v) is 3.27. The normalized spacial score (nSPS) is 21.2. The molecule has 4 heteroatoms. The lowest BCUT2D eigenvalue weighted by molar-refractivity contribution is 0.0740. The zero-order chi connectivity index (χ0) is 16.6. The highest BCUT2D eigenvalue weighted by atomic mass is 16.2. The van der Waals surface area contributed by atoms with Crippen molar-refractivity contribution in [3.8, 4) is 0 Å². The molecule has 1 saturated heterocycles. The number of aromatic nitrogens is 2. The Morgan fingerprint density at radius 1 is 1.26 bits per heavy atom. The van der Waals surface area contributed by atoms with Gasteiger partial charge in [0.15, 0.2) is 0 Å². The molecule has 1 aromatic heterocycles. The first kappa shape index (κ1) is 15.8. The highest BCUT2D eigenvalue weighted by Gasteiger charge is 2.34. The Morgan fingerprint density at radius 2 is 1.96 bits per heavy atom. The zero-order valence-corrected chi connectivity index (χ0v) is 14.4. The summed E-state index contributed by atoms with van der Waals surface area (Å²) in [4.78, 5) is 19.0. The second kappa shape index (κ2) is 6.19. The molecule has 122 valence electrons. The smallest absolute Gasteiger partial charge is 0.274 e. The Morgan fingerprint density at radius 3 is 2.57 bits per heavy atom. The summed E-state index contributed by atoms with van der Waals surface area (Å²) >= 11 is 0.